The number of benzene rings is 2. The van der Waals surface area contributed by atoms with Crippen LogP contribution >= 0.6 is 11.8 Å². The highest BCUT2D eigenvalue weighted by Gasteiger charge is 2.33. The van der Waals surface area contributed by atoms with Crippen LogP contribution in [0.5, 0.6) is 0 Å². The molecule has 0 N–H and O–H groups in total. The Balaban J connectivity index is 1.70. The van der Waals surface area contributed by atoms with Crippen LogP contribution in [0.15, 0.2) is 70.6 Å². The lowest BCUT2D eigenvalue weighted by atomic mass is 10.1. The monoisotopic (exact) mass is 473 g/mol. The Morgan fingerprint density at radius 1 is 1.06 bits per heavy atom. The molecule has 0 aliphatic carbocycles. The van der Waals surface area contributed by atoms with Gasteiger partial charge in [0.25, 0.3) is 5.91 Å². The number of ether oxygens (including phenoxy) is 1. The molecule has 2 heterocycles. The molecule has 1 amide bonds. The van der Waals surface area contributed by atoms with E-state index in [0.717, 1.165) is 35.5 Å². The van der Waals surface area contributed by atoms with E-state index in [-0.39, 0.29) is 5.91 Å². The third-order valence-electron chi connectivity index (χ3n) is 5.97. The van der Waals surface area contributed by atoms with E-state index in [9.17, 15) is 4.79 Å². The lowest BCUT2D eigenvalue weighted by Crippen LogP contribution is -2.30. The van der Waals surface area contributed by atoms with Crippen LogP contribution in [0.3, 0.4) is 0 Å². The van der Waals surface area contributed by atoms with Crippen molar-refractivity contribution in [2.45, 2.75) is 33.6 Å². The summed E-state index contributed by atoms with van der Waals surface area (Å²) in [5, 5.41) is 0.712. The van der Waals surface area contributed by atoms with E-state index >= 15 is 0 Å². The van der Waals surface area contributed by atoms with Crippen molar-refractivity contribution in [3.8, 4) is 5.69 Å². The second-order valence-electron chi connectivity index (χ2n) is 8.29. The number of carbonyl (C=O) groups excluding carboxylic acids is 1. The van der Waals surface area contributed by atoms with Gasteiger partial charge in [-0.15, -0.1) is 0 Å². The summed E-state index contributed by atoms with van der Waals surface area (Å²) in [5.41, 5.74) is 6.66. The largest absolute Gasteiger partial charge is 0.385 e. The lowest BCUT2D eigenvalue weighted by molar-refractivity contribution is -0.122. The fourth-order valence-electron chi connectivity index (χ4n) is 4.24. The number of amidine groups is 1. The minimum Gasteiger partial charge on any atom is -0.385 e. The van der Waals surface area contributed by atoms with E-state index in [1.165, 1.54) is 23.0 Å². The van der Waals surface area contributed by atoms with Crippen LogP contribution in [-0.4, -0.2) is 40.8 Å². The SMILES string of the molecule is CCc1ccccc1-n1c(C)cc(/C=C2\SC(=Nc3ccccc3)N(CCCOC)C2=O)c1C. The van der Waals surface area contributed by atoms with Crippen molar-refractivity contribution in [1.82, 2.24) is 9.47 Å². The van der Waals surface area contributed by atoms with Crippen molar-refractivity contribution in [2.75, 3.05) is 20.3 Å². The topological polar surface area (TPSA) is 46.8 Å². The standard InChI is InChI=1S/C28H31N3O2S/c1-5-22-12-9-10-15-25(22)31-20(2)18-23(21(31)3)19-26-27(32)30(16-11-17-33-4)28(34-26)29-24-13-7-6-8-14-24/h6-10,12-15,18-19H,5,11,16-17H2,1-4H3/b26-19-,29-28?. The summed E-state index contributed by atoms with van der Waals surface area (Å²) in [6.45, 7) is 7.58. The molecule has 176 valence electrons. The maximum Gasteiger partial charge on any atom is 0.266 e. The zero-order valence-electron chi connectivity index (χ0n) is 20.2. The number of aryl methyl sites for hydroxylation is 2. The van der Waals surface area contributed by atoms with Crippen LogP contribution in [0.25, 0.3) is 11.8 Å². The van der Waals surface area contributed by atoms with Gasteiger partial charge in [0.05, 0.1) is 10.6 Å². The number of thioether (sulfide) groups is 1. The molecule has 34 heavy (non-hydrogen) atoms. The molecule has 1 fully saturated rings. The van der Waals surface area contributed by atoms with E-state index in [1.54, 1.807) is 12.0 Å². The first kappa shape index (κ1) is 24.0. The molecule has 0 saturated carbocycles. The van der Waals surface area contributed by atoms with Crippen molar-refractivity contribution in [3.05, 3.63) is 88.1 Å². The molecule has 1 aliphatic rings. The van der Waals surface area contributed by atoms with Gasteiger partial charge in [-0.1, -0.05) is 43.3 Å². The summed E-state index contributed by atoms with van der Waals surface area (Å²) in [6.07, 6.45) is 3.73. The fraction of sp³-hybridized carbons (Fsp3) is 0.286. The van der Waals surface area contributed by atoms with Crippen molar-refractivity contribution >= 4 is 34.6 Å². The molecule has 5 nitrogen and oxygen atoms in total. The third kappa shape index (κ3) is 5.03. The number of amides is 1. The van der Waals surface area contributed by atoms with Gasteiger partial charge in [0, 0.05) is 37.3 Å². The average Bonchev–Trinajstić information content (AvgIpc) is 3.29. The molecular formula is C28H31N3O2S. The fourth-order valence-corrected chi connectivity index (χ4v) is 5.26. The lowest BCUT2D eigenvalue weighted by Gasteiger charge is -2.15. The Morgan fingerprint density at radius 2 is 1.79 bits per heavy atom. The third-order valence-corrected chi connectivity index (χ3v) is 6.98. The quantitative estimate of drug-likeness (QED) is 0.285. The zero-order valence-corrected chi connectivity index (χ0v) is 21.1. The summed E-state index contributed by atoms with van der Waals surface area (Å²) in [7, 11) is 1.68. The van der Waals surface area contributed by atoms with Gasteiger partial charge >= 0.3 is 0 Å². The van der Waals surface area contributed by atoms with E-state index < -0.39 is 0 Å². The van der Waals surface area contributed by atoms with Gasteiger partial charge in [0.2, 0.25) is 0 Å². The van der Waals surface area contributed by atoms with Gasteiger partial charge in [-0.2, -0.15) is 0 Å². The molecule has 1 aliphatic heterocycles. The molecule has 0 atom stereocenters. The summed E-state index contributed by atoms with van der Waals surface area (Å²) >= 11 is 1.44. The Hall–Kier alpha value is -3.09. The maximum atomic E-state index is 13.4. The first-order valence-electron chi connectivity index (χ1n) is 11.6. The van der Waals surface area contributed by atoms with Crippen molar-refractivity contribution in [2.24, 2.45) is 4.99 Å². The Labute approximate surface area is 206 Å². The summed E-state index contributed by atoms with van der Waals surface area (Å²) in [5.74, 6) is -0.00505. The molecular weight excluding hydrogens is 442 g/mol. The Bertz CT molecular complexity index is 1230. The van der Waals surface area contributed by atoms with Crippen molar-refractivity contribution in [1.29, 1.82) is 0 Å². The average molecular weight is 474 g/mol. The molecule has 0 bridgehead atoms. The van der Waals surface area contributed by atoms with Crippen LogP contribution in [-0.2, 0) is 16.0 Å². The minimum atomic E-state index is -0.00505. The molecule has 6 heteroatoms. The summed E-state index contributed by atoms with van der Waals surface area (Å²) in [6, 6.07) is 20.4. The predicted molar refractivity (Wildman–Crippen MR) is 142 cm³/mol. The van der Waals surface area contributed by atoms with E-state index in [1.807, 2.05) is 36.4 Å². The van der Waals surface area contributed by atoms with Gasteiger partial charge in [-0.25, -0.2) is 4.99 Å². The number of nitrogens with zero attached hydrogens (tertiary/aromatic N) is 3. The van der Waals surface area contributed by atoms with Crippen LogP contribution in [0.1, 0.15) is 35.9 Å². The van der Waals surface area contributed by atoms with E-state index in [2.05, 4.69) is 55.7 Å². The van der Waals surface area contributed by atoms with Gasteiger partial charge in [0.1, 0.15) is 0 Å². The second-order valence-corrected chi connectivity index (χ2v) is 9.30. The molecule has 1 saturated heterocycles. The summed E-state index contributed by atoms with van der Waals surface area (Å²) < 4.78 is 7.49. The van der Waals surface area contributed by atoms with Gasteiger partial charge in [0.15, 0.2) is 5.17 Å². The van der Waals surface area contributed by atoms with Gasteiger partial charge < -0.3 is 9.30 Å². The number of aliphatic imine (C=N–C) groups is 1. The molecule has 1 aromatic heterocycles. The molecule has 0 unspecified atom stereocenters. The number of para-hydroxylation sites is 2. The highest BCUT2D eigenvalue weighted by atomic mass is 32.2. The van der Waals surface area contributed by atoms with Crippen molar-refractivity contribution in [3.63, 3.8) is 0 Å². The number of carbonyl (C=O) groups is 1. The Kier molecular flexibility index (Phi) is 7.70. The molecule has 0 spiro atoms. The highest BCUT2D eigenvalue weighted by Crippen LogP contribution is 2.35. The van der Waals surface area contributed by atoms with Crippen molar-refractivity contribution < 1.29 is 9.53 Å². The van der Waals surface area contributed by atoms with Crippen LogP contribution in [0, 0.1) is 13.8 Å². The number of hydrogen-bond donors (Lipinski definition) is 0. The second kappa shape index (κ2) is 10.9. The van der Waals surface area contributed by atoms with Gasteiger partial charge in [-0.3, -0.25) is 9.69 Å². The predicted octanol–water partition coefficient (Wildman–Crippen LogP) is 6.30. The molecule has 3 aromatic rings. The molecule has 0 radical (unpaired) electrons. The number of hydrogen-bond acceptors (Lipinski definition) is 4. The van der Waals surface area contributed by atoms with Crippen LogP contribution in [0.4, 0.5) is 5.69 Å². The molecule has 4 rings (SSSR count). The minimum absolute atomic E-state index is 0.00505. The number of aromatic nitrogens is 1. The first-order chi connectivity index (χ1) is 16.5. The zero-order chi connectivity index (χ0) is 24.1. The van der Waals surface area contributed by atoms with E-state index in [0.29, 0.717) is 23.2 Å². The summed E-state index contributed by atoms with van der Waals surface area (Å²) in [4.78, 5) is 20.6. The van der Waals surface area contributed by atoms with Crippen LogP contribution in [0.2, 0.25) is 0 Å². The Morgan fingerprint density at radius 3 is 2.53 bits per heavy atom. The van der Waals surface area contributed by atoms with Gasteiger partial charge in [-0.05, 0) is 79.9 Å². The molecule has 2 aromatic carbocycles. The maximum absolute atomic E-state index is 13.4. The smallest absolute Gasteiger partial charge is 0.266 e. The first-order valence-corrected chi connectivity index (χ1v) is 12.5. The number of rotatable bonds is 8. The normalized spacial score (nSPS) is 16.2. The number of methoxy groups -OCH3 is 1. The van der Waals surface area contributed by atoms with Crippen LogP contribution < -0.4 is 0 Å². The highest BCUT2D eigenvalue weighted by molar-refractivity contribution is 8.18. The van der Waals surface area contributed by atoms with E-state index in [4.69, 9.17) is 9.73 Å².